The minimum absolute atomic E-state index is 0.122. The minimum Gasteiger partial charge on any atom is -0.458 e. The summed E-state index contributed by atoms with van der Waals surface area (Å²) in [6.07, 6.45) is 7.83. The van der Waals surface area contributed by atoms with Gasteiger partial charge in [-0.2, -0.15) is 0 Å². The first-order valence-corrected chi connectivity index (χ1v) is 10.9. The van der Waals surface area contributed by atoms with Crippen LogP contribution in [0.5, 0.6) is 0 Å². The summed E-state index contributed by atoms with van der Waals surface area (Å²) in [5, 5.41) is 12.1. The maximum atomic E-state index is 12.9. The van der Waals surface area contributed by atoms with Crippen LogP contribution >= 0.6 is 11.6 Å². The number of halogens is 1. The van der Waals surface area contributed by atoms with Gasteiger partial charge in [0.05, 0.1) is 0 Å². The lowest BCUT2D eigenvalue weighted by molar-refractivity contribution is -0.167. The van der Waals surface area contributed by atoms with Gasteiger partial charge in [-0.1, -0.05) is 31.5 Å². The highest BCUT2D eigenvalue weighted by molar-refractivity contribution is 6.32. The highest BCUT2D eigenvalue weighted by Gasteiger charge is 2.66. The minimum atomic E-state index is -1.49. The average molecular weight is 421 g/mol. The van der Waals surface area contributed by atoms with E-state index < -0.39 is 22.8 Å². The van der Waals surface area contributed by atoms with Gasteiger partial charge in [-0.25, -0.2) is 0 Å². The molecule has 29 heavy (non-hydrogen) atoms. The summed E-state index contributed by atoms with van der Waals surface area (Å²) < 4.78 is 4.91. The highest BCUT2D eigenvalue weighted by Crippen LogP contribution is 2.67. The van der Waals surface area contributed by atoms with E-state index in [-0.39, 0.29) is 29.6 Å². The van der Waals surface area contributed by atoms with Crippen LogP contribution in [0, 0.1) is 28.6 Å². The maximum Gasteiger partial charge on any atom is 0.303 e. The Bertz CT molecular complexity index is 844. The maximum absolute atomic E-state index is 12.9. The number of hydrogen-bond donors (Lipinski definition) is 1. The molecule has 0 aliphatic heterocycles. The van der Waals surface area contributed by atoms with Crippen LogP contribution < -0.4 is 0 Å². The Balaban J connectivity index is 1.68. The van der Waals surface area contributed by atoms with Crippen LogP contribution in [0.3, 0.4) is 0 Å². The number of carbonyl (C=O) groups is 3. The normalized spacial score (nSPS) is 43.5. The van der Waals surface area contributed by atoms with Gasteiger partial charge in [-0.05, 0) is 66.9 Å². The Labute approximate surface area is 176 Å². The third-order valence-corrected chi connectivity index (χ3v) is 8.91. The van der Waals surface area contributed by atoms with Crippen molar-refractivity contribution in [3.8, 4) is 0 Å². The van der Waals surface area contributed by atoms with Crippen LogP contribution in [0.4, 0.5) is 0 Å². The van der Waals surface area contributed by atoms with E-state index >= 15 is 0 Å². The van der Waals surface area contributed by atoms with Crippen LogP contribution in [0.25, 0.3) is 0 Å². The van der Waals surface area contributed by atoms with Crippen molar-refractivity contribution in [1.29, 1.82) is 0 Å². The molecule has 0 aromatic rings. The molecule has 0 saturated heterocycles. The number of fused-ring (bicyclic) bond motifs is 5. The molecule has 4 rings (SSSR count). The first-order valence-electron chi connectivity index (χ1n) is 10.5. The average Bonchev–Trinajstić information content (AvgIpc) is 2.94. The van der Waals surface area contributed by atoms with Gasteiger partial charge >= 0.3 is 5.97 Å². The summed E-state index contributed by atoms with van der Waals surface area (Å²) in [5.41, 5.74) is -1.26. The van der Waals surface area contributed by atoms with Crippen LogP contribution in [-0.4, -0.2) is 34.9 Å². The Morgan fingerprint density at radius 3 is 2.59 bits per heavy atom. The molecule has 0 aromatic heterocycles. The van der Waals surface area contributed by atoms with E-state index in [1.165, 1.54) is 6.92 Å². The zero-order valence-electron chi connectivity index (χ0n) is 17.3. The summed E-state index contributed by atoms with van der Waals surface area (Å²) in [6.45, 7) is 5.10. The second-order valence-electron chi connectivity index (χ2n) is 9.81. The lowest BCUT2D eigenvalue weighted by Crippen LogP contribution is -2.57. The van der Waals surface area contributed by atoms with Gasteiger partial charge in [0.25, 0.3) is 0 Å². The number of ketones is 2. The smallest absolute Gasteiger partial charge is 0.303 e. The molecule has 2 saturated carbocycles. The highest BCUT2D eigenvalue weighted by atomic mass is 35.5. The number of aliphatic hydroxyl groups is 1. The van der Waals surface area contributed by atoms with Crippen molar-refractivity contribution in [2.45, 2.75) is 64.9 Å². The second kappa shape index (κ2) is 6.78. The van der Waals surface area contributed by atoms with Crippen molar-refractivity contribution >= 4 is 29.1 Å². The lowest BCUT2D eigenvalue weighted by Gasteiger charge is -2.57. The van der Waals surface area contributed by atoms with Crippen molar-refractivity contribution < 1.29 is 24.2 Å². The molecular weight excluding hydrogens is 392 g/mol. The summed E-state index contributed by atoms with van der Waals surface area (Å²) >= 11 is 6.67. The standard InChI is InChI=1S/C23H29ClO5/c1-13(25)29-12-20(27)23(28)9-6-17-15-11-19(24)18-10-14(26)4-7-21(18,2)16(15)5-8-22(17,23)3/h10-11,15-17,28H,4-9,12H2,1-3H3/t15-,16+,17+,21-,22+,23+/m1/s1. The first-order chi connectivity index (χ1) is 13.5. The predicted molar refractivity (Wildman–Crippen MR) is 108 cm³/mol. The molecular formula is C23H29ClO5. The molecule has 0 bridgehead atoms. The third-order valence-electron chi connectivity index (χ3n) is 8.58. The number of hydrogen-bond acceptors (Lipinski definition) is 5. The molecule has 0 heterocycles. The number of esters is 1. The molecule has 158 valence electrons. The molecule has 6 atom stereocenters. The molecule has 1 N–H and O–H groups in total. The summed E-state index contributed by atoms with van der Waals surface area (Å²) in [6, 6.07) is 0. The fourth-order valence-electron chi connectivity index (χ4n) is 6.83. The number of allylic oxidation sites excluding steroid dienone is 4. The molecule has 4 aliphatic rings. The van der Waals surface area contributed by atoms with Gasteiger partial charge in [0.2, 0.25) is 5.78 Å². The molecule has 0 radical (unpaired) electrons. The van der Waals surface area contributed by atoms with Gasteiger partial charge in [0, 0.05) is 23.8 Å². The quantitative estimate of drug-likeness (QED) is 0.703. The van der Waals surface area contributed by atoms with Gasteiger partial charge in [-0.3, -0.25) is 14.4 Å². The number of carbonyl (C=O) groups excluding carboxylic acids is 3. The molecule has 4 aliphatic carbocycles. The van der Waals surface area contributed by atoms with Gasteiger partial charge < -0.3 is 9.84 Å². The van der Waals surface area contributed by atoms with E-state index in [0.717, 1.165) is 31.3 Å². The van der Waals surface area contributed by atoms with Crippen molar-refractivity contribution in [3.05, 3.63) is 22.8 Å². The van der Waals surface area contributed by atoms with E-state index in [1.807, 2.05) is 6.92 Å². The van der Waals surface area contributed by atoms with Crippen molar-refractivity contribution in [2.75, 3.05) is 6.61 Å². The molecule has 5 nitrogen and oxygen atoms in total. The molecule has 0 spiro atoms. The van der Waals surface area contributed by atoms with Crippen LogP contribution in [0.2, 0.25) is 0 Å². The number of ether oxygens (including phenoxy) is 1. The Morgan fingerprint density at radius 1 is 1.21 bits per heavy atom. The van der Waals surface area contributed by atoms with Gasteiger partial charge in [0.1, 0.15) is 5.60 Å². The van der Waals surface area contributed by atoms with E-state index in [9.17, 15) is 19.5 Å². The van der Waals surface area contributed by atoms with Crippen molar-refractivity contribution in [2.24, 2.45) is 28.6 Å². The Kier molecular flexibility index (Phi) is 4.86. The van der Waals surface area contributed by atoms with Crippen molar-refractivity contribution in [1.82, 2.24) is 0 Å². The number of Topliss-reactive ketones (excluding diaryl/α,β-unsaturated/α-hetero) is 1. The SMILES string of the molecule is CC(=O)OCC(=O)[C@@]1(O)CC[C@H]2[C@@H]3C=C(Cl)C4=CC(=O)CC[C@]4(C)[C@H]3CC[C@@]21C. The molecule has 0 aromatic carbocycles. The first kappa shape index (κ1) is 20.8. The fraction of sp³-hybridized carbons (Fsp3) is 0.696. The van der Waals surface area contributed by atoms with Crippen LogP contribution in [0.15, 0.2) is 22.8 Å². The van der Waals surface area contributed by atoms with E-state index in [2.05, 4.69) is 13.0 Å². The van der Waals surface area contributed by atoms with Gasteiger partial charge in [0.15, 0.2) is 12.4 Å². The summed E-state index contributed by atoms with van der Waals surface area (Å²) in [7, 11) is 0. The predicted octanol–water partition coefficient (Wildman–Crippen LogP) is 3.72. The van der Waals surface area contributed by atoms with Crippen molar-refractivity contribution in [3.63, 3.8) is 0 Å². The lowest BCUT2D eigenvalue weighted by atomic mass is 9.48. The van der Waals surface area contributed by atoms with E-state index in [1.54, 1.807) is 6.08 Å². The zero-order chi connectivity index (χ0) is 21.2. The molecule has 6 heteroatoms. The van der Waals surface area contributed by atoms with E-state index in [0.29, 0.717) is 23.8 Å². The Morgan fingerprint density at radius 2 is 1.90 bits per heavy atom. The van der Waals surface area contributed by atoms with E-state index in [4.69, 9.17) is 16.3 Å². The molecule has 0 unspecified atom stereocenters. The molecule has 2 fully saturated rings. The topological polar surface area (TPSA) is 80.7 Å². The van der Waals surface area contributed by atoms with Crippen LogP contribution in [-0.2, 0) is 19.1 Å². The fourth-order valence-corrected chi connectivity index (χ4v) is 7.25. The van der Waals surface area contributed by atoms with Crippen LogP contribution in [0.1, 0.15) is 59.3 Å². The largest absolute Gasteiger partial charge is 0.458 e. The zero-order valence-corrected chi connectivity index (χ0v) is 18.1. The monoisotopic (exact) mass is 420 g/mol. The Hall–Kier alpha value is -1.46. The van der Waals surface area contributed by atoms with Gasteiger partial charge in [-0.15, -0.1) is 0 Å². The third kappa shape index (κ3) is 2.88. The molecule has 0 amide bonds. The number of rotatable bonds is 3. The second-order valence-corrected chi connectivity index (χ2v) is 10.2. The summed E-state index contributed by atoms with van der Waals surface area (Å²) in [5.74, 6) is -0.171. The summed E-state index contributed by atoms with van der Waals surface area (Å²) in [4.78, 5) is 36.0.